The van der Waals surface area contributed by atoms with Gasteiger partial charge in [-0.2, -0.15) is 0 Å². The molecule has 0 aliphatic heterocycles. The van der Waals surface area contributed by atoms with E-state index >= 15 is 0 Å². The molecule has 2 rings (SSSR count). The third-order valence-electron chi connectivity index (χ3n) is 3.69. The van der Waals surface area contributed by atoms with Crippen LogP contribution in [0.2, 0.25) is 0 Å². The van der Waals surface area contributed by atoms with Gasteiger partial charge in [0.1, 0.15) is 11.5 Å². The first-order valence-electron chi connectivity index (χ1n) is 8.74. The largest absolute Gasteiger partial charge is 0.588 e. The highest BCUT2D eigenvalue weighted by atomic mass is 19.3. The molecule has 0 radical (unpaired) electrons. The second kappa shape index (κ2) is 10.4. The molecule has 0 bridgehead atoms. The van der Waals surface area contributed by atoms with E-state index < -0.39 is 12.3 Å². The molecular weight excluding hydrogens is 373 g/mol. The summed E-state index contributed by atoms with van der Waals surface area (Å²) in [6.07, 6.45) is -2.27. The first-order valence-corrected chi connectivity index (χ1v) is 8.74. The number of rotatable bonds is 11. The highest BCUT2D eigenvalue weighted by Crippen LogP contribution is 2.27. The Hall–Kier alpha value is -2.96. The van der Waals surface area contributed by atoms with Gasteiger partial charge in [-0.3, -0.25) is 4.39 Å². The molecule has 0 aromatic heterocycles. The number of ether oxygens (including phenoxy) is 3. The summed E-state index contributed by atoms with van der Waals surface area (Å²) in [5.41, 5.74) is 0.164. The normalized spacial score (nSPS) is 11.0. The molecule has 0 heterocycles. The van der Waals surface area contributed by atoms with Crippen molar-refractivity contribution in [2.75, 3.05) is 13.3 Å². The van der Waals surface area contributed by atoms with Crippen molar-refractivity contribution in [3.05, 3.63) is 66.7 Å². The highest BCUT2D eigenvalue weighted by molar-refractivity contribution is 6.15. The molecule has 0 fully saturated rings. The van der Waals surface area contributed by atoms with E-state index in [1.54, 1.807) is 30.3 Å². The average molecular weight is 394 g/mol. The van der Waals surface area contributed by atoms with Gasteiger partial charge in [0.2, 0.25) is 0 Å². The van der Waals surface area contributed by atoms with Crippen LogP contribution in [-0.2, 0) is 9.53 Å². The lowest BCUT2D eigenvalue weighted by Crippen LogP contribution is -2.31. The minimum atomic E-state index is -4.16. The van der Waals surface area contributed by atoms with E-state index in [4.69, 9.17) is 4.74 Å². The maximum atomic E-state index is 13.9. The Morgan fingerprint density at radius 1 is 0.929 bits per heavy atom. The van der Waals surface area contributed by atoms with Gasteiger partial charge >= 0.3 is 12.3 Å². The zero-order valence-corrected chi connectivity index (χ0v) is 15.2. The Labute approximate surface area is 161 Å². The smallest absolute Gasteiger partial charge is 0.494 e. The maximum absolute atomic E-state index is 13.9. The number of halogens is 3. The fraction of sp³-hybridized carbons (Fsp3) is 0.286. The summed E-state index contributed by atoms with van der Waals surface area (Å²) in [5.74, 6) is -1.03. The predicted molar refractivity (Wildman–Crippen MR) is 98.9 cm³/mol. The molecule has 0 spiro atoms. The van der Waals surface area contributed by atoms with Crippen LogP contribution in [0, 0.1) is 0 Å². The van der Waals surface area contributed by atoms with Gasteiger partial charge in [0, 0.05) is 0 Å². The predicted octanol–water partition coefficient (Wildman–Crippen LogP) is 5.39. The van der Waals surface area contributed by atoms with Crippen molar-refractivity contribution in [2.24, 2.45) is 0 Å². The van der Waals surface area contributed by atoms with Crippen molar-refractivity contribution in [1.29, 1.82) is 0 Å². The maximum Gasteiger partial charge on any atom is 0.588 e. The third-order valence-corrected chi connectivity index (χ3v) is 3.69. The summed E-state index contributed by atoms with van der Waals surface area (Å²) in [7, 11) is 0. The van der Waals surface area contributed by atoms with Crippen molar-refractivity contribution in [2.45, 2.75) is 25.6 Å². The number of hydrogen-bond donors (Lipinski definition) is 0. The Morgan fingerprint density at radius 2 is 1.57 bits per heavy atom. The minimum Gasteiger partial charge on any atom is -0.494 e. The van der Waals surface area contributed by atoms with Crippen LogP contribution < -0.4 is 9.47 Å². The molecule has 7 heteroatoms. The Morgan fingerprint density at radius 3 is 2.21 bits per heavy atom. The number of carbonyl (C=O) groups excluding carboxylic acids is 1. The summed E-state index contributed by atoms with van der Waals surface area (Å²) in [5, 5.41) is 0. The lowest BCUT2D eigenvalue weighted by atomic mass is 10.1. The van der Waals surface area contributed by atoms with Crippen LogP contribution in [0.1, 0.15) is 24.8 Å². The molecule has 0 aliphatic rings. The Kier molecular flexibility index (Phi) is 7.92. The molecule has 150 valence electrons. The van der Waals surface area contributed by atoms with Crippen molar-refractivity contribution in [1.82, 2.24) is 0 Å². The van der Waals surface area contributed by atoms with Crippen molar-refractivity contribution >= 4 is 11.5 Å². The summed E-state index contributed by atoms with van der Waals surface area (Å²) >= 11 is 0. The van der Waals surface area contributed by atoms with Crippen LogP contribution in [0.25, 0.3) is 5.57 Å². The number of esters is 1. The fourth-order valence-electron chi connectivity index (χ4n) is 2.25. The molecule has 28 heavy (non-hydrogen) atoms. The Balaban J connectivity index is 1.85. The zero-order valence-electron chi connectivity index (χ0n) is 15.2. The number of carbonyl (C=O) groups is 1. The fourth-order valence-corrected chi connectivity index (χ4v) is 2.25. The molecule has 0 unspecified atom stereocenters. The van der Waals surface area contributed by atoms with Crippen LogP contribution in [0.3, 0.4) is 0 Å². The van der Waals surface area contributed by atoms with Crippen LogP contribution >= 0.6 is 0 Å². The monoisotopic (exact) mass is 394 g/mol. The zero-order chi connectivity index (χ0) is 20.4. The summed E-state index contributed by atoms with van der Waals surface area (Å²) in [6.45, 7) is 3.51. The summed E-state index contributed by atoms with van der Waals surface area (Å²) in [6, 6.07) is 13.6. The van der Waals surface area contributed by atoms with Gasteiger partial charge in [0.15, 0.2) is 0 Å². The van der Waals surface area contributed by atoms with E-state index in [-0.39, 0.29) is 18.0 Å². The molecule has 0 saturated carbocycles. The second-order valence-corrected chi connectivity index (χ2v) is 5.87. The van der Waals surface area contributed by atoms with E-state index in [0.717, 1.165) is 0 Å². The quantitative estimate of drug-likeness (QED) is 0.222. The van der Waals surface area contributed by atoms with Gasteiger partial charge in [-0.1, -0.05) is 36.9 Å². The van der Waals surface area contributed by atoms with Gasteiger partial charge in [-0.05, 0) is 49.1 Å². The number of unbranched alkanes of at least 4 members (excludes halogenated alkanes) is 2. The topological polar surface area (TPSA) is 44.8 Å². The molecule has 2 aromatic rings. The minimum absolute atomic E-state index is 0.201. The van der Waals surface area contributed by atoms with Gasteiger partial charge in [-0.25, -0.2) is 4.79 Å². The molecule has 0 N–H and O–H groups in total. The summed E-state index contributed by atoms with van der Waals surface area (Å²) in [4.78, 5) is 11.9. The first kappa shape index (κ1) is 21.3. The van der Waals surface area contributed by atoms with E-state index in [1.807, 2.05) is 0 Å². The van der Waals surface area contributed by atoms with Crippen LogP contribution in [0.5, 0.6) is 11.5 Å². The lowest BCUT2D eigenvalue weighted by molar-refractivity contribution is -0.331. The molecule has 0 atom stereocenters. The molecular formula is C21H21F3O4. The van der Waals surface area contributed by atoms with Crippen molar-refractivity contribution in [3.8, 4) is 11.5 Å². The number of benzene rings is 2. The SMILES string of the molecule is C=C(C(=O)OC(F)(F)Oc1ccc(OCCCCCF)cc1)c1ccccc1. The Bertz CT molecular complexity index is 761. The molecule has 0 amide bonds. The third kappa shape index (κ3) is 6.98. The van der Waals surface area contributed by atoms with Crippen LogP contribution in [0.15, 0.2) is 61.2 Å². The van der Waals surface area contributed by atoms with E-state index in [0.29, 0.717) is 37.2 Å². The first-order chi connectivity index (χ1) is 13.4. The average Bonchev–Trinajstić information content (AvgIpc) is 2.68. The number of alkyl halides is 3. The van der Waals surface area contributed by atoms with Gasteiger partial charge in [0.25, 0.3) is 0 Å². The van der Waals surface area contributed by atoms with Crippen LogP contribution in [-0.4, -0.2) is 25.5 Å². The molecule has 0 saturated heterocycles. The van der Waals surface area contributed by atoms with Crippen LogP contribution in [0.4, 0.5) is 13.2 Å². The van der Waals surface area contributed by atoms with Gasteiger partial charge in [0.05, 0.1) is 18.9 Å². The highest BCUT2D eigenvalue weighted by Gasteiger charge is 2.39. The van der Waals surface area contributed by atoms with E-state index in [1.165, 1.54) is 24.3 Å². The molecule has 2 aromatic carbocycles. The second-order valence-electron chi connectivity index (χ2n) is 5.87. The van der Waals surface area contributed by atoms with Crippen molar-refractivity contribution < 1.29 is 32.2 Å². The standard InChI is InChI=1S/C21H21F3O4/c1-16(17-8-4-2-5-9-17)20(25)28-21(23,24)27-19-12-10-18(11-13-19)26-15-7-3-6-14-22/h2,4-5,8-13H,1,3,6-7,14-15H2. The molecule has 4 nitrogen and oxygen atoms in total. The molecule has 0 aliphatic carbocycles. The summed E-state index contributed by atoms with van der Waals surface area (Å²) < 4.78 is 53.8. The van der Waals surface area contributed by atoms with Gasteiger partial charge < -0.3 is 14.2 Å². The van der Waals surface area contributed by atoms with Gasteiger partial charge in [-0.15, -0.1) is 8.78 Å². The lowest BCUT2D eigenvalue weighted by Gasteiger charge is -2.18. The van der Waals surface area contributed by atoms with E-state index in [2.05, 4.69) is 16.1 Å². The van der Waals surface area contributed by atoms with E-state index in [9.17, 15) is 18.0 Å². The number of hydrogen-bond acceptors (Lipinski definition) is 4. The van der Waals surface area contributed by atoms with Crippen molar-refractivity contribution in [3.63, 3.8) is 0 Å².